The monoisotopic (exact) mass is 1030 g/mol. The Labute approximate surface area is 450 Å². The number of furan rings is 5. The molecule has 0 amide bonds. The Morgan fingerprint density at radius 3 is 1.00 bits per heavy atom. The van der Waals surface area contributed by atoms with Crippen molar-refractivity contribution >= 4 is 12.6 Å². The Morgan fingerprint density at radius 1 is 0.351 bits per heavy atom. The van der Waals surface area contributed by atoms with Crippen LogP contribution in [0.25, 0.3) is 57.3 Å². The second-order valence-electron chi connectivity index (χ2n) is 15.0. The highest BCUT2D eigenvalue weighted by Gasteiger charge is 2.07. The summed E-state index contributed by atoms with van der Waals surface area (Å²) in [7, 11) is 0. The maximum Gasteiger partial charge on any atom is 0.150 e. The zero-order valence-corrected chi connectivity index (χ0v) is 48.0. The molecule has 0 atom stereocenters. The van der Waals surface area contributed by atoms with Crippen LogP contribution in [0.15, 0.2) is 181 Å². The average Bonchev–Trinajstić information content (AvgIpc) is 4.30. The van der Waals surface area contributed by atoms with Gasteiger partial charge in [0.1, 0.15) is 46.1 Å². The molecule has 0 aliphatic heterocycles. The van der Waals surface area contributed by atoms with Crippen LogP contribution in [0.2, 0.25) is 0 Å². The first-order valence-corrected chi connectivity index (χ1v) is 27.8. The van der Waals surface area contributed by atoms with E-state index in [0.29, 0.717) is 5.75 Å². The molecular weight excluding hydrogens is 939 g/mol. The summed E-state index contributed by atoms with van der Waals surface area (Å²) in [6.07, 6.45) is 22.1. The third-order valence-electron chi connectivity index (χ3n) is 10.0. The number of rotatable bonds is 15. The maximum absolute atomic E-state index is 5.78. The van der Waals surface area contributed by atoms with Crippen molar-refractivity contribution in [2.45, 2.75) is 154 Å². The van der Waals surface area contributed by atoms with Crippen molar-refractivity contribution in [3.63, 3.8) is 0 Å². The van der Waals surface area contributed by atoms with Crippen LogP contribution < -0.4 is 0 Å². The zero-order valence-electron chi connectivity index (χ0n) is 47.1. The van der Waals surface area contributed by atoms with Crippen LogP contribution in [0.5, 0.6) is 0 Å². The Kier molecular flexibility index (Phi) is 37.5. The molecule has 10 aromatic heterocycles. The largest absolute Gasteiger partial charge is 0.463 e. The molecule has 0 saturated heterocycles. The molecule has 10 aromatic rings. The minimum absolute atomic E-state index is 0.640. The Hall–Kier alpha value is -6.85. The number of unbranched alkanes of at least 4 members (excludes halogenated alkanes) is 5. The van der Waals surface area contributed by atoms with E-state index in [-0.39, 0.29) is 0 Å². The van der Waals surface area contributed by atoms with E-state index in [0.717, 1.165) is 93.2 Å². The average molecular weight is 1030 g/mol. The first kappa shape index (κ1) is 65.2. The summed E-state index contributed by atoms with van der Waals surface area (Å²) in [5.74, 6) is 9.18. The van der Waals surface area contributed by atoms with E-state index >= 15 is 0 Å². The molecule has 5 N–H and O–H groups in total. The highest BCUT2D eigenvalue weighted by Crippen LogP contribution is 2.24. The van der Waals surface area contributed by atoms with Gasteiger partial charge in [0.25, 0.3) is 0 Å². The molecule has 0 spiro atoms. The summed E-state index contributed by atoms with van der Waals surface area (Å²) in [4.78, 5) is 15.5. The maximum atomic E-state index is 5.78. The van der Waals surface area contributed by atoms with E-state index in [9.17, 15) is 0 Å². The molecule has 0 aliphatic rings. The fourth-order valence-corrected chi connectivity index (χ4v) is 6.80. The van der Waals surface area contributed by atoms with Crippen molar-refractivity contribution in [3.8, 4) is 57.3 Å². The third-order valence-corrected chi connectivity index (χ3v) is 10.3. The number of nitrogens with one attached hydrogen (secondary N) is 5. The molecular formula is C63H91N5O5S. The lowest BCUT2D eigenvalue weighted by Gasteiger charge is -1.97. The molecule has 10 rings (SSSR count). The van der Waals surface area contributed by atoms with Crippen LogP contribution >= 0.6 is 12.6 Å². The van der Waals surface area contributed by atoms with Crippen molar-refractivity contribution in [1.82, 2.24) is 24.9 Å². The molecule has 0 fully saturated rings. The lowest BCUT2D eigenvalue weighted by Crippen LogP contribution is -1.82. The van der Waals surface area contributed by atoms with Crippen LogP contribution in [-0.2, 0) is 18.6 Å². The zero-order chi connectivity index (χ0) is 54.6. The van der Waals surface area contributed by atoms with E-state index < -0.39 is 0 Å². The summed E-state index contributed by atoms with van der Waals surface area (Å²) in [5.41, 5.74) is 5.16. The Morgan fingerprint density at radius 2 is 0.689 bits per heavy atom. The number of hydrogen-bond acceptors (Lipinski definition) is 6. The van der Waals surface area contributed by atoms with E-state index in [1.54, 1.807) is 6.26 Å². The van der Waals surface area contributed by atoms with Crippen LogP contribution in [0.1, 0.15) is 151 Å². The van der Waals surface area contributed by atoms with Gasteiger partial charge in [-0.3, -0.25) is 0 Å². The van der Waals surface area contributed by atoms with Crippen molar-refractivity contribution in [1.29, 1.82) is 0 Å². The molecule has 10 heterocycles. The summed E-state index contributed by atoms with van der Waals surface area (Å²) < 4.78 is 27.5. The normalized spacial score (nSPS) is 9.49. The number of thiol groups is 1. The summed E-state index contributed by atoms with van der Waals surface area (Å²) in [6.45, 7) is 26.4. The van der Waals surface area contributed by atoms with Gasteiger partial charge in [-0.15, -0.1) is 0 Å². The third kappa shape index (κ3) is 24.7. The number of H-pyrrole nitrogens is 5. The van der Waals surface area contributed by atoms with Crippen LogP contribution in [0.4, 0.5) is 0 Å². The second-order valence-corrected chi connectivity index (χ2v) is 15.3. The highest BCUT2D eigenvalue weighted by atomic mass is 32.1. The van der Waals surface area contributed by atoms with Crippen LogP contribution in [0.3, 0.4) is 0 Å². The van der Waals surface area contributed by atoms with Gasteiger partial charge in [0.15, 0.2) is 5.76 Å². The van der Waals surface area contributed by atoms with Gasteiger partial charge in [0, 0.05) is 49.6 Å². The predicted molar refractivity (Wildman–Crippen MR) is 318 cm³/mol. The van der Waals surface area contributed by atoms with Gasteiger partial charge in [0.05, 0.1) is 34.7 Å². The number of aromatic nitrogens is 5. The van der Waals surface area contributed by atoms with Gasteiger partial charge < -0.3 is 47.0 Å². The van der Waals surface area contributed by atoms with Crippen LogP contribution in [0, 0.1) is 6.92 Å². The SMILES string of the molecule is CC.CC.CC.CC.CC.CCCCCCc1ccc(-c2ccc[nH]2)o1.CCCCCc1ccc(-c2ccc[nH]2)o1.Cc1ccc(-c2ccc[nH]2)o1.SCc1ccc(-c2ccc[nH]2)o1.c1c[nH]c(-c2ccco2)c1. The van der Waals surface area contributed by atoms with E-state index in [2.05, 4.69) is 63.5 Å². The van der Waals surface area contributed by atoms with E-state index in [4.69, 9.17) is 22.1 Å². The standard InChI is InChI=1S/C14H19NO.C13H17NO.C9H9NOS.C9H9NO.C8H7NO.5C2H6/c1-2-3-4-5-7-12-9-10-14(16-12)13-8-6-11-15-13;1-2-3-4-6-11-8-9-13(15-11)12-7-5-10-14-12;12-6-7-3-4-9(11-7)8-2-1-5-10-8;1-7-4-5-9(11-7)8-3-2-6-10-8;1-3-7(9-5-1)8-4-2-6-10-8;5*1-2/h6,8-11,15H,2-5,7H2,1H3;5,7-10,14H,2-4,6H2,1H3;1-5,10,12H,6H2;2-6,10H,1H3;1-6,9H;5*1-2H3. The molecule has 11 heteroatoms. The van der Waals surface area contributed by atoms with Crippen molar-refractivity contribution in [2.24, 2.45) is 0 Å². The molecule has 10 nitrogen and oxygen atoms in total. The molecule has 0 unspecified atom stereocenters. The topological polar surface area (TPSA) is 145 Å². The number of aryl methyl sites for hydroxylation is 3. The highest BCUT2D eigenvalue weighted by molar-refractivity contribution is 7.79. The van der Waals surface area contributed by atoms with Crippen LogP contribution in [-0.4, -0.2) is 24.9 Å². The van der Waals surface area contributed by atoms with Gasteiger partial charge >= 0.3 is 0 Å². The molecule has 0 aromatic carbocycles. The van der Waals surface area contributed by atoms with Crippen molar-refractivity contribution < 1.29 is 22.1 Å². The number of hydrogen-bond donors (Lipinski definition) is 6. The first-order chi connectivity index (χ1) is 36.5. The van der Waals surface area contributed by atoms with Gasteiger partial charge in [-0.05, 0) is 141 Å². The van der Waals surface area contributed by atoms with Crippen molar-refractivity contribution in [3.05, 3.63) is 182 Å². The molecule has 0 bridgehead atoms. The fraction of sp³-hybridized carbons (Fsp3) is 0.365. The predicted octanol–water partition coefficient (Wildman–Crippen LogP) is 21.1. The first-order valence-electron chi connectivity index (χ1n) is 27.2. The van der Waals surface area contributed by atoms with Gasteiger partial charge in [0.2, 0.25) is 0 Å². The Balaban J connectivity index is 0.000000446. The fourth-order valence-electron chi connectivity index (χ4n) is 6.63. The van der Waals surface area contributed by atoms with E-state index in [1.807, 2.05) is 216 Å². The molecule has 0 saturated carbocycles. The molecule has 0 radical (unpaired) electrons. The lowest BCUT2D eigenvalue weighted by atomic mass is 10.1. The van der Waals surface area contributed by atoms with Gasteiger partial charge in [-0.2, -0.15) is 12.6 Å². The van der Waals surface area contributed by atoms with Gasteiger partial charge in [-0.1, -0.05) is 115 Å². The lowest BCUT2D eigenvalue weighted by molar-refractivity contribution is 0.504. The van der Waals surface area contributed by atoms with E-state index in [1.165, 1.54) is 44.9 Å². The quantitative estimate of drug-likeness (QED) is 0.0447. The smallest absolute Gasteiger partial charge is 0.150 e. The Bertz CT molecular complexity index is 2570. The summed E-state index contributed by atoms with van der Waals surface area (Å²) >= 11 is 4.12. The molecule has 0 aliphatic carbocycles. The summed E-state index contributed by atoms with van der Waals surface area (Å²) in [5, 5.41) is 0. The molecule has 74 heavy (non-hydrogen) atoms. The van der Waals surface area contributed by atoms with Gasteiger partial charge in [-0.25, -0.2) is 0 Å². The summed E-state index contributed by atoms with van der Waals surface area (Å²) in [6, 6.07) is 39.6. The minimum Gasteiger partial charge on any atom is -0.463 e. The number of aromatic amines is 5. The molecule has 404 valence electrons. The second kappa shape index (κ2) is 42.6. The van der Waals surface area contributed by atoms with Crippen molar-refractivity contribution in [2.75, 3.05) is 0 Å². The minimum atomic E-state index is 0.640.